The fraction of sp³-hybridized carbons (Fsp3) is 0.571. The van der Waals surface area contributed by atoms with Gasteiger partial charge in [0.15, 0.2) is 11.0 Å². The van der Waals surface area contributed by atoms with Gasteiger partial charge in [-0.15, -0.1) is 10.2 Å². The third-order valence-corrected chi connectivity index (χ3v) is 6.28. The highest BCUT2D eigenvalue weighted by Gasteiger charge is 2.30. The lowest BCUT2D eigenvalue weighted by Gasteiger charge is -2.28. The smallest absolute Gasteiger partial charge is 0.234 e. The highest BCUT2D eigenvalue weighted by molar-refractivity contribution is 8.00. The Hall–Kier alpha value is -1.82. The number of hydrogen-bond donors (Lipinski definition) is 1. The summed E-state index contributed by atoms with van der Waals surface area (Å²) in [7, 11) is 0. The Morgan fingerprint density at radius 2 is 1.96 bits per heavy atom. The van der Waals surface area contributed by atoms with Crippen molar-refractivity contribution in [2.24, 2.45) is 5.92 Å². The third kappa shape index (κ3) is 5.34. The monoisotopic (exact) mass is 388 g/mol. The fourth-order valence-electron chi connectivity index (χ4n) is 2.76. The van der Waals surface area contributed by atoms with E-state index in [1.165, 1.54) is 17.3 Å². The summed E-state index contributed by atoms with van der Waals surface area (Å²) in [5.74, 6) is 1.09. The lowest BCUT2D eigenvalue weighted by Crippen LogP contribution is -2.47. The summed E-state index contributed by atoms with van der Waals surface area (Å²) < 4.78 is 2.09. The number of thioether (sulfide) groups is 1. The number of nitrogens with zero attached hydrogens (tertiary/aromatic N) is 3. The molecular formula is C21H32N4OS. The molecule has 0 spiro atoms. The minimum atomic E-state index is -0.212. The van der Waals surface area contributed by atoms with Crippen molar-refractivity contribution in [1.29, 1.82) is 0 Å². The van der Waals surface area contributed by atoms with Gasteiger partial charge in [0.1, 0.15) is 0 Å². The number of benzene rings is 1. The number of carbonyl (C=O) groups is 1. The Labute approximate surface area is 167 Å². The maximum absolute atomic E-state index is 12.9. The summed E-state index contributed by atoms with van der Waals surface area (Å²) in [5.41, 5.74) is 2.03. The topological polar surface area (TPSA) is 59.8 Å². The van der Waals surface area contributed by atoms with Gasteiger partial charge < -0.3 is 9.88 Å². The van der Waals surface area contributed by atoms with Crippen LogP contribution in [0.5, 0.6) is 0 Å². The van der Waals surface area contributed by atoms with Crippen LogP contribution in [0.2, 0.25) is 0 Å². The van der Waals surface area contributed by atoms with Crippen molar-refractivity contribution in [3.8, 4) is 11.4 Å². The van der Waals surface area contributed by atoms with Crippen LogP contribution >= 0.6 is 11.8 Å². The summed E-state index contributed by atoms with van der Waals surface area (Å²) >= 11 is 1.50. The van der Waals surface area contributed by atoms with Crippen molar-refractivity contribution in [3.05, 3.63) is 29.8 Å². The summed E-state index contributed by atoms with van der Waals surface area (Å²) in [5, 5.41) is 12.6. The first kappa shape index (κ1) is 21.5. The molecule has 0 aliphatic carbocycles. The third-order valence-electron chi connectivity index (χ3n) is 4.75. The van der Waals surface area contributed by atoms with Crippen molar-refractivity contribution < 1.29 is 4.79 Å². The van der Waals surface area contributed by atoms with Gasteiger partial charge in [-0.25, -0.2) is 0 Å². The lowest BCUT2D eigenvalue weighted by molar-refractivity contribution is -0.122. The Kier molecular flexibility index (Phi) is 7.09. The molecule has 0 bridgehead atoms. The molecule has 1 N–H and O–H groups in total. The van der Waals surface area contributed by atoms with E-state index in [4.69, 9.17) is 0 Å². The molecule has 1 amide bonds. The molecule has 148 valence electrons. The van der Waals surface area contributed by atoms with Gasteiger partial charge in [0, 0.05) is 17.6 Å². The zero-order valence-corrected chi connectivity index (χ0v) is 18.4. The average molecular weight is 389 g/mol. The first-order valence-electron chi connectivity index (χ1n) is 9.67. The average Bonchev–Trinajstić information content (AvgIpc) is 3.01. The Morgan fingerprint density at radius 3 is 2.52 bits per heavy atom. The highest BCUT2D eigenvalue weighted by Crippen LogP contribution is 2.31. The van der Waals surface area contributed by atoms with E-state index in [9.17, 15) is 4.79 Å². The van der Waals surface area contributed by atoms with Crippen LogP contribution in [0, 0.1) is 12.8 Å². The molecule has 1 heterocycles. The molecule has 0 aliphatic heterocycles. The molecule has 1 unspecified atom stereocenters. The quantitative estimate of drug-likeness (QED) is 0.666. The van der Waals surface area contributed by atoms with Crippen molar-refractivity contribution >= 4 is 17.7 Å². The minimum absolute atomic E-state index is 0.0598. The van der Waals surface area contributed by atoms with Gasteiger partial charge in [0.2, 0.25) is 5.91 Å². The number of hydrogen-bond acceptors (Lipinski definition) is 4. The molecule has 0 saturated carbocycles. The van der Waals surface area contributed by atoms with Gasteiger partial charge in [-0.05, 0) is 46.1 Å². The van der Waals surface area contributed by atoms with Gasteiger partial charge in [0.25, 0.3) is 0 Å². The molecule has 2 aromatic rings. The number of nitrogens with one attached hydrogen (secondary N) is 1. The molecule has 1 aromatic heterocycles. The second-order valence-electron chi connectivity index (χ2n) is 7.93. The fourth-order valence-corrected chi connectivity index (χ4v) is 3.85. The Balaban J connectivity index is 2.30. The van der Waals surface area contributed by atoms with Crippen molar-refractivity contribution in [2.75, 3.05) is 0 Å². The highest BCUT2D eigenvalue weighted by atomic mass is 32.2. The Bertz CT molecular complexity index is 782. The van der Waals surface area contributed by atoms with Gasteiger partial charge in [-0.3, -0.25) is 4.79 Å². The zero-order chi connectivity index (χ0) is 20.2. The second kappa shape index (κ2) is 8.91. The number of rotatable bonds is 8. The summed E-state index contributed by atoms with van der Waals surface area (Å²) in [6.45, 7) is 15.2. The normalized spacial score (nSPS) is 13.0. The van der Waals surface area contributed by atoms with E-state index < -0.39 is 0 Å². The summed E-state index contributed by atoms with van der Waals surface area (Å²) in [6.07, 6.45) is 0.886. The van der Waals surface area contributed by atoms with Crippen molar-refractivity contribution in [2.45, 2.75) is 77.4 Å². The van der Waals surface area contributed by atoms with E-state index >= 15 is 0 Å². The predicted octanol–water partition coefficient (Wildman–Crippen LogP) is 4.69. The first-order valence-corrected chi connectivity index (χ1v) is 10.6. The van der Waals surface area contributed by atoms with E-state index in [1.807, 2.05) is 12.1 Å². The van der Waals surface area contributed by atoms with Crippen LogP contribution < -0.4 is 5.32 Å². The van der Waals surface area contributed by atoms with Crippen LogP contribution in [0.25, 0.3) is 11.4 Å². The Morgan fingerprint density at radius 1 is 1.26 bits per heavy atom. The molecule has 2 rings (SSSR count). The van der Waals surface area contributed by atoms with Crippen LogP contribution in [0.15, 0.2) is 29.4 Å². The zero-order valence-electron chi connectivity index (χ0n) is 17.5. The molecule has 1 atom stereocenters. The standard InChI is InChI=1S/C21H32N4OS/c1-8-21(6,7)22-19(26)17(14(3)4)27-20-24-23-18(25(20)9-2)16-12-10-11-15(5)13-16/h10-14,17H,8-9H2,1-7H3,(H,22,26). The molecule has 0 aliphatic rings. The molecule has 0 fully saturated rings. The molecular weight excluding hydrogens is 356 g/mol. The molecule has 0 radical (unpaired) electrons. The minimum Gasteiger partial charge on any atom is -0.350 e. The molecule has 6 heteroatoms. The molecule has 27 heavy (non-hydrogen) atoms. The van der Waals surface area contributed by atoms with E-state index in [-0.39, 0.29) is 22.6 Å². The van der Waals surface area contributed by atoms with Gasteiger partial charge in [0.05, 0.1) is 5.25 Å². The largest absolute Gasteiger partial charge is 0.350 e. The SMILES string of the molecule is CCn1c(SC(C(=O)NC(C)(C)CC)C(C)C)nnc1-c1cccc(C)c1. The van der Waals surface area contributed by atoms with Gasteiger partial charge >= 0.3 is 0 Å². The number of amides is 1. The molecule has 1 aromatic carbocycles. The van der Waals surface area contributed by atoms with E-state index in [0.29, 0.717) is 0 Å². The van der Waals surface area contributed by atoms with Crippen LogP contribution in [0.4, 0.5) is 0 Å². The predicted molar refractivity (Wildman–Crippen MR) is 113 cm³/mol. The maximum Gasteiger partial charge on any atom is 0.234 e. The van der Waals surface area contributed by atoms with Crippen LogP contribution in [-0.4, -0.2) is 31.5 Å². The van der Waals surface area contributed by atoms with Crippen molar-refractivity contribution in [1.82, 2.24) is 20.1 Å². The van der Waals surface area contributed by atoms with E-state index in [1.54, 1.807) is 0 Å². The second-order valence-corrected chi connectivity index (χ2v) is 9.04. The van der Waals surface area contributed by atoms with Crippen LogP contribution in [0.3, 0.4) is 0 Å². The summed E-state index contributed by atoms with van der Waals surface area (Å²) in [6, 6.07) is 8.26. The maximum atomic E-state index is 12.9. The summed E-state index contributed by atoms with van der Waals surface area (Å²) in [4.78, 5) is 12.9. The first-order chi connectivity index (χ1) is 12.7. The van der Waals surface area contributed by atoms with E-state index in [2.05, 4.69) is 80.7 Å². The number of aryl methyl sites for hydroxylation is 1. The number of aromatic nitrogens is 3. The van der Waals surface area contributed by atoms with E-state index in [0.717, 1.165) is 29.5 Å². The molecule has 5 nitrogen and oxygen atoms in total. The van der Waals surface area contributed by atoms with Gasteiger partial charge in [-0.2, -0.15) is 0 Å². The van der Waals surface area contributed by atoms with Crippen molar-refractivity contribution in [3.63, 3.8) is 0 Å². The lowest BCUT2D eigenvalue weighted by atomic mass is 10.0. The van der Waals surface area contributed by atoms with Gasteiger partial charge in [-0.1, -0.05) is 56.3 Å². The van der Waals surface area contributed by atoms with Crippen LogP contribution in [-0.2, 0) is 11.3 Å². The molecule has 0 saturated heterocycles. The number of carbonyl (C=O) groups excluding carboxylic acids is 1. The van der Waals surface area contributed by atoms with Crippen LogP contribution in [0.1, 0.15) is 53.5 Å².